The molecule has 2 N–H and O–H groups in total. The van der Waals surface area contributed by atoms with Crippen LogP contribution in [0.3, 0.4) is 0 Å². The summed E-state index contributed by atoms with van der Waals surface area (Å²) in [5.74, 6) is -3.15. The molecule has 0 saturated carbocycles. The number of amides is 1. The van der Waals surface area contributed by atoms with Crippen molar-refractivity contribution < 1.29 is 18.7 Å². The standard InChI is InChI=1S/C11H18F2N2O2/c12-11(13)5-8(6-16)15(7-11)10(17)9-3-1-2-4-14-9/h8-9,14,16H,1-7H2/t8-,9-/m0/s1. The molecule has 2 heterocycles. The third kappa shape index (κ3) is 2.74. The number of nitrogens with zero attached hydrogens (tertiary/aromatic N) is 1. The Balaban J connectivity index is 2.02. The first-order valence-electron chi connectivity index (χ1n) is 6.06. The van der Waals surface area contributed by atoms with Gasteiger partial charge in [0.15, 0.2) is 0 Å². The third-order valence-corrected chi connectivity index (χ3v) is 3.48. The normalized spacial score (nSPS) is 32.8. The summed E-state index contributed by atoms with van der Waals surface area (Å²) in [5.41, 5.74) is 0. The predicted molar refractivity (Wildman–Crippen MR) is 57.8 cm³/mol. The molecule has 2 rings (SSSR count). The van der Waals surface area contributed by atoms with Gasteiger partial charge in [0.25, 0.3) is 5.92 Å². The Bertz CT molecular complexity index is 293. The number of carbonyl (C=O) groups excluding carboxylic acids is 1. The van der Waals surface area contributed by atoms with E-state index in [9.17, 15) is 13.6 Å². The van der Waals surface area contributed by atoms with Crippen molar-refractivity contribution in [1.82, 2.24) is 10.2 Å². The van der Waals surface area contributed by atoms with Crippen molar-refractivity contribution in [3.05, 3.63) is 0 Å². The van der Waals surface area contributed by atoms with E-state index in [1.54, 1.807) is 0 Å². The van der Waals surface area contributed by atoms with Crippen LogP contribution in [0, 0.1) is 0 Å². The van der Waals surface area contributed by atoms with Crippen LogP contribution < -0.4 is 5.32 Å². The highest BCUT2D eigenvalue weighted by Gasteiger charge is 2.47. The van der Waals surface area contributed by atoms with Gasteiger partial charge in [0, 0.05) is 6.42 Å². The molecule has 2 aliphatic rings. The van der Waals surface area contributed by atoms with E-state index in [0.717, 1.165) is 24.3 Å². The Morgan fingerprint density at radius 3 is 2.82 bits per heavy atom. The van der Waals surface area contributed by atoms with Crippen LogP contribution in [0.25, 0.3) is 0 Å². The maximum absolute atomic E-state index is 13.2. The quantitative estimate of drug-likeness (QED) is 0.741. The molecule has 2 atom stereocenters. The second-order valence-electron chi connectivity index (χ2n) is 4.87. The number of hydrogen-bond acceptors (Lipinski definition) is 3. The average molecular weight is 248 g/mol. The van der Waals surface area contributed by atoms with Crippen molar-refractivity contribution in [1.29, 1.82) is 0 Å². The van der Waals surface area contributed by atoms with E-state index in [4.69, 9.17) is 5.11 Å². The van der Waals surface area contributed by atoms with Crippen LogP contribution in [-0.2, 0) is 4.79 Å². The third-order valence-electron chi connectivity index (χ3n) is 3.48. The number of carbonyl (C=O) groups is 1. The predicted octanol–water partition coefficient (Wildman–Crippen LogP) is 0.357. The molecule has 0 unspecified atom stereocenters. The number of aliphatic hydroxyl groups is 1. The zero-order chi connectivity index (χ0) is 12.5. The van der Waals surface area contributed by atoms with Gasteiger partial charge in [-0.15, -0.1) is 0 Å². The molecular formula is C11H18F2N2O2. The lowest BCUT2D eigenvalue weighted by Crippen LogP contribution is -2.51. The van der Waals surface area contributed by atoms with Gasteiger partial charge in [0.2, 0.25) is 5.91 Å². The lowest BCUT2D eigenvalue weighted by molar-refractivity contribution is -0.136. The van der Waals surface area contributed by atoms with E-state index in [2.05, 4.69) is 5.32 Å². The highest BCUT2D eigenvalue weighted by molar-refractivity contribution is 5.82. The molecule has 0 bridgehead atoms. The van der Waals surface area contributed by atoms with Crippen LogP contribution in [0.4, 0.5) is 8.78 Å². The van der Waals surface area contributed by atoms with Gasteiger partial charge in [-0.2, -0.15) is 0 Å². The minimum Gasteiger partial charge on any atom is -0.394 e. The summed E-state index contributed by atoms with van der Waals surface area (Å²) in [6, 6.07) is -1.09. The van der Waals surface area contributed by atoms with Crippen LogP contribution in [0.5, 0.6) is 0 Å². The molecule has 6 heteroatoms. The summed E-state index contributed by atoms with van der Waals surface area (Å²) in [5, 5.41) is 12.1. The topological polar surface area (TPSA) is 52.6 Å². The van der Waals surface area contributed by atoms with Crippen molar-refractivity contribution in [2.75, 3.05) is 19.7 Å². The number of nitrogens with one attached hydrogen (secondary N) is 1. The number of rotatable bonds is 2. The van der Waals surface area contributed by atoms with E-state index >= 15 is 0 Å². The van der Waals surface area contributed by atoms with E-state index < -0.39 is 31.5 Å². The van der Waals surface area contributed by atoms with Crippen LogP contribution in [0.2, 0.25) is 0 Å². The molecule has 2 saturated heterocycles. The van der Waals surface area contributed by atoms with Gasteiger partial charge < -0.3 is 15.3 Å². The first kappa shape index (κ1) is 12.7. The van der Waals surface area contributed by atoms with E-state index in [1.807, 2.05) is 0 Å². The SMILES string of the molecule is O=C([C@@H]1CCCCN1)N1CC(F)(F)C[C@H]1CO. The first-order chi connectivity index (χ1) is 8.03. The van der Waals surface area contributed by atoms with Crippen molar-refractivity contribution >= 4 is 5.91 Å². The summed E-state index contributed by atoms with van der Waals surface area (Å²) < 4.78 is 26.5. The lowest BCUT2D eigenvalue weighted by Gasteiger charge is -2.30. The Kier molecular flexibility index (Phi) is 3.63. The van der Waals surface area contributed by atoms with Gasteiger partial charge >= 0.3 is 0 Å². The van der Waals surface area contributed by atoms with E-state index in [1.165, 1.54) is 0 Å². The minimum absolute atomic E-state index is 0.291. The molecule has 4 nitrogen and oxygen atoms in total. The zero-order valence-corrected chi connectivity index (χ0v) is 9.66. The zero-order valence-electron chi connectivity index (χ0n) is 9.66. The molecule has 98 valence electrons. The highest BCUT2D eigenvalue weighted by atomic mass is 19.3. The first-order valence-corrected chi connectivity index (χ1v) is 6.06. The van der Waals surface area contributed by atoms with E-state index in [-0.39, 0.29) is 11.9 Å². The Labute approximate surface area is 99.0 Å². The number of hydrogen-bond donors (Lipinski definition) is 2. The molecule has 2 fully saturated rings. The fourth-order valence-electron chi connectivity index (χ4n) is 2.58. The smallest absolute Gasteiger partial charge is 0.267 e. The monoisotopic (exact) mass is 248 g/mol. The molecule has 0 spiro atoms. The number of piperidine rings is 1. The van der Waals surface area contributed by atoms with Crippen molar-refractivity contribution in [3.63, 3.8) is 0 Å². The summed E-state index contributed by atoms with van der Waals surface area (Å²) >= 11 is 0. The Hall–Kier alpha value is -0.750. The number of likely N-dealkylation sites (tertiary alicyclic amines) is 1. The van der Waals surface area contributed by atoms with Crippen molar-refractivity contribution in [2.45, 2.75) is 43.7 Å². The summed E-state index contributed by atoms with van der Waals surface area (Å²) in [6.07, 6.45) is 2.22. The largest absolute Gasteiger partial charge is 0.394 e. The molecule has 0 aliphatic carbocycles. The van der Waals surface area contributed by atoms with E-state index in [0.29, 0.717) is 6.42 Å². The van der Waals surface area contributed by atoms with Crippen LogP contribution in [-0.4, -0.2) is 53.6 Å². The molecule has 0 aromatic rings. The van der Waals surface area contributed by atoms with Crippen LogP contribution in [0.15, 0.2) is 0 Å². The van der Waals surface area contributed by atoms with Gasteiger partial charge in [-0.3, -0.25) is 4.79 Å². The molecule has 1 amide bonds. The highest BCUT2D eigenvalue weighted by Crippen LogP contribution is 2.32. The van der Waals surface area contributed by atoms with Crippen LogP contribution >= 0.6 is 0 Å². The van der Waals surface area contributed by atoms with Crippen molar-refractivity contribution in [2.24, 2.45) is 0 Å². The Morgan fingerprint density at radius 1 is 1.47 bits per heavy atom. The summed E-state index contributed by atoms with van der Waals surface area (Å²) in [7, 11) is 0. The molecule has 0 radical (unpaired) electrons. The minimum atomic E-state index is -2.86. The van der Waals surface area contributed by atoms with Gasteiger partial charge in [-0.1, -0.05) is 6.42 Å². The summed E-state index contributed by atoms with van der Waals surface area (Å²) in [4.78, 5) is 13.2. The molecular weight excluding hydrogens is 230 g/mol. The second kappa shape index (κ2) is 4.86. The van der Waals surface area contributed by atoms with Gasteiger partial charge in [-0.25, -0.2) is 8.78 Å². The van der Waals surface area contributed by atoms with Gasteiger partial charge in [-0.05, 0) is 19.4 Å². The summed E-state index contributed by atoms with van der Waals surface area (Å²) in [6.45, 7) is -0.201. The molecule has 17 heavy (non-hydrogen) atoms. The van der Waals surface area contributed by atoms with Gasteiger partial charge in [0.1, 0.15) is 0 Å². The van der Waals surface area contributed by atoms with Crippen molar-refractivity contribution in [3.8, 4) is 0 Å². The number of alkyl halides is 2. The van der Waals surface area contributed by atoms with Gasteiger partial charge in [0.05, 0.1) is 25.2 Å². The van der Waals surface area contributed by atoms with Crippen LogP contribution in [0.1, 0.15) is 25.7 Å². The molecule has 0 aromatic heterocycles. The lowest BCUT2D eigenvalue weighted by atomic mass is 10.0. The number of halogens is 2. The average Bonchev–Trinajstić information content (AvgIpc) is 2.65. The maximum Gasteiger partial charge on any atom is 0.267 e. The molecule has 0 aromatic carbocycles. The fourth-order valence-corrected chi connectivity index (χ4v) is 2.58. The number of aliphatic hydroxyl groups excluding tert-OH is 1. The molecule has 2 aliphatic heterocycles. The maximum atomic E-state index is 13.2. The second-order valence-corrected chi connectivity index (χ2v) is 4.87. The Morgan fingerprint density at radius 2 is 2.24 bits per heavy atom. The fraction of sp³-hybridized carbons (Fsp3) is 0.909.